The van der Waals surface area contributed by atoms with E-state index in [4.69, 9.17) is 0 Å². The van der Waals surface area contributed by atoms with Gasteiger partial charge in [-0.15, -0.1) is 0 Å². The summed E-state index contributed by atoms with van der Waals surface area (Å²) in [7, 11) is 2.05. The van der Waals surface area contributed by atoms with E-state index in [0.29, 0.717) is 5.56 Å². The van der Waals surface area contributed by atoms with Gasteiger partial charge in [-0.1, -0.05) is 6.92 Å². The van der Waals surface area contributed by atoms with Crippen molar-refractivity contribution in [3.8, 4) is 0 Å². The molecule has 14 heavy (non-hydrogen) atoms. The van der Waals surface area contributed by atoms with E-state index in [2.05, 4.69) is 27.8 Å². The first-order valence-electron chi connectivity index (χ1n) is 4.65. The van der Waals surface area contributed by atoms with E-state index >= 15 is 0 Å². The Kier molecular flexibility index (Phi) is 4.14. The van der Waals surface area contributed by atoms with E-state index in [1.165, 1.54) is 0 Å². The van der Waals surface area contributed by atoms with Gasteiger partial charge < -0.3 is 4.90 Å². The Morgan fingerprint density at radius 2 is 2.21 bits per heavy atom. The second-order valence-corrected chi connectivity index (χ2v) is 4.10. The highest BCUT2D eigenvalue weighted by atomic mass is 79.9. The fourth-order valence-electron chi connectivity index (χ4n) is 1.36. The fourth-order valence-corrected chi connectivity index (χ4v) is 2.06. The van der Waals surface area contributed by atoms with E-state index in [9.17, 15) is 4.79 Å². The molecule has 2 nitrogen and oxygen atoms in total. The third kappa shape index (κ3) is 2.58. The van der Waals surface area contributed by atoms with Crippen LogP contribution in [0, 0.1) is 0 Å². The van der Waals surface area contributed by atoms with Gasteiger partial charge >= 0.3 is 0 Å². The fraction of sp³-hybridized carbons (Fsp3) is 0.364. The first-order valence-corrected chi connectivity index (χ1v) is 5.44. The number of carbonyl (C=O) groups excluding carboxylic acids is 1. The largest absolute Gasteiger partial charge is 0.374 e. The van der Waals surface area contributed by atoms with Crippen molar-refractivity contribution in [2.75, 3.05) is 18.5 Å². The number of rotatable bonds is 4. The third-order valence-corrected chi connectivity index (χ3v) is 2.71. The maximum Gasteiger partial charge on any atom is 0.150 e. The Labute approximate surface area is 93.0 Å². The van der Waals surface area contributed by atoms with Crippen molar-refractivity contribution < 1.29 is 4.79 Å². The van der Waals surface area contributed by atoms with Gasteiger partial charge in [0.2, 0.25) is 0 Å². The van der Waals surface area contributed by atoms with Crippen molar-refractivity contribution in [2.45, 2.75) is 13.3 Å². The summed E-state index contributed by atoms with van der Waals surface area (Å²) in [6.45, 7) is 3.16. The molecule has 0 aromatic heterocycles. The average Bonchev–Trinajstić information content (AvgIpc) is 2.17. The molecule has 1 aromatic carbocycles. The van der Waals surface area contributed by atoms with Gasteiger partial charge in [0.15, 0.2) is 0 Å². The van der Waals surface area contributed by atoms with Crippen LogP contribution in [0.5, 0.6) is 0 Å². The van der Waals surface area contributed by atoms with Crippen molar-refractivity contribution in [1.29, 1.82) is 0 Å². The molecule has 0 N–H and O–H groups in total. The van der Waals surface area contributed by atoms with Crippen molar-refractivity contribution >= 4 is 27.9 Å². The lowest BCUT2D eigenvalue weighted by molar-refractivity contribution is 0.112. The Morgan fingerprint density at radius 1 is 1.50 bits per heavy atom. The Bertz CT molecular complexity index is 325. The molecule has 1 aromatic rings. The van der Waals surface area contributed by atoms with Crippen LogP contribution in [-0.2, 0) is 0 Å². The number of aldehydes is 1. The number of halogens is 1. The molecule has 0 spiro atoms. The topological polar surface area (TPSA) is 20.3 Å². The minimum Gasteiger partial charge on any atom is -0.374 e. The number of carbonyl (C=O) groups is 1. The lowest BCUT2D eigenvalue weighted by Crippen LogP contribution is -2.18. The normalized spacial score (nSPS) is 9.93. The molecule has 0 aliphatic heterocycles. The van der Waals surface area contributed by atoms with Crippen LogP contribution in [0.25, 0.3) is 0 Å². The molecule has 0 radical (unpaired) electrons. The predicted octanol–water partition coefficient (Wildman–Crippen LogP) is 3.11. The smallest absolute Gasteiger partial charge is 0.150 e. The second kappa shape index (κ2) is 5.15. The number of anilines is 1. The Morgan fingerprint density at radius 3 is 2.71 bits per heavy atom. The molecule has 0 saturated heterocycles. The zero-order valence-corrected chi connectivity index (χ0v) is 10.0. The lowest BCUT2D eigenvalue weighted by Gasteiger charge is -2.19. The van der Waals surface area contributed by atoms with Gasteiger partial charge in [0.05, 0.1) is 5.69 Å². The highest BCUT2D eigenvalue weighted by Crippen LogP contribution is 2.26. The van der Waals surface area contributed by atoms with Crippen molar-refractivity contribution in [3.63, 3.8) is 0 Å². The van der Waals surface area contributed by atoms with Crippen molar-refractivity contribution in [1.82, 2.24) is 0 Å². The number of hydrogen-bond donors (Lipinski definition) is 0. The van der Waals surface area contributed by atoms with Crippen LogP contribution in [0.3, 0.4) is 0 Å². The molecule has 1 rings (SSSR count). The molecule has 0 unspecified atom stereocenters. The number of hydrogen-bond acceptors (Lipinski definition) is 2. The van der Waals surface area contributed by atoms with Crippen LogP contribution < -0.4 is 4.90 Å². The molecule has 0 saturated carbocycles. The van der Waals surface area contributed by atoms with E-state index in [1.54, 1.807) is 0 Å². The van der Waals surface area contributed by atoms with Crippen molar-refractivity contribution in [2.24, 2.45) is 0 Å². The standard InChI is InChI=1S/C11H14BrNO/c1-3-6-13(2)11-5-4-9(8-14)7-10(11)12/h4-5,7-8H,3,6H2,1-2H3. The van der Waals surface area contributed by atoms with Crippen LogP contribution in [0.4, 0.5) is 5.69 Å². The minimum atomic E-state index is 0.700. The van der Waals surface area contributed by atoms with Gasteiger partial charge in [-0.2, -0.15) is 0 Å². The zero-order valence-electron chi connectivity index (χ0n) is 8.46. The van der Waals surface area contributed by atoms with Crippen LogP contribution in [0.15, 0.2) is 22.7 Å². The summed E-state index contributed by atoms with van der Waals surface area (Å²) >= 11 is 3.46. The summed E-state index contributed by atoms with van der Waals surface area (Å²) in [5.74, 6) is 0. The van der Waals surface area contributed by atoms with Gasteiger partial charge in [0.1, 0.15) is 6.29 Å². The number of benzene rings is 1. The van der Waals surface area contributed by atoms with Crippen molar-refractivity contribution in [3.05, 3.63) is 28.2 Å². The summed E-state index contributed by atoms with van der Waals surface area (Å²) in [4.78, 5) is 12.7. The second-order valence-electron chi connectivity index (χ2n) is 3.25. The Balaban J connectivity index is 2.93. The number of nitrogens with zero attached hydrogens (tertiary/aromatic N) is 1. The maximum atomic E-state index is 10.5. The Hall–Kier alpha value is -0.830. The highest BCUT2D eigenvalue weighted by Gasteiger charge is 2.04. The van der Waals surface area contributed by atoms with E-state index < -0.39 is 0 Å². The molecule has 0 heterocycles. The molecule has 0 bridgehead atoms. The van der Waals surface area contributed by atoms with Gasteiger partial charge in [-0.25, -0.2) is 0 Å². The average molecular weight is 256 g/mol. The first-order chi connectivity index (χ1) is 6.69. The van der Waals surface area contributed by atoms with Gasteiger partial charge in [-0.3, -0.25) is 4.79 Å². The van der Waals surface area contributed by atoms with Crippen LogP contribution in [-0.4, -0.2) is 19.9 Å². The summed E-state index contributed by atoms with van der Waals surface area (Å²) < 4.78 is 0.970. The summed E-state index contributed by atoms with van der Waals surface area (Å²) in [5, 5.41) is 0. The minimum absolute atomic E-state index is 0.700. The van der Waals surface area contributed by atoms with E-state index in [-0.39, 0.29) is 0 Å². The summed E-state index contributed by atoms with van der Waals surface area (Å²) in [6.07, 6.45) is 1.97. The van der Waals surface area contributed by atoms with E-state index in [1.807, 2.05) is 25.2 Å². The van der Waals surface area contributed by atoms with Crippen LogP contribution in [0.1, 0.15) is 23.7 Å². The van der Waals surface area contributed by atoms with Crippen LogP contribution >= 0.6 is 15.9 Å². The predicted molar refractivity (Wildman–Crippen MR) is 63.1 cm³/mol. The molecule has 0 atom stereocenters. The SMILES string of the molecule is CCCN(C)c1ccc(C=O)cc1Br. The molecule has 0 amide bonds. The lowest BCUT2D eigenvalue weighted by atomic mass is 10.2. The first kappa shape index (κ1) is 11.2. The molecule has 0 fully saturated rings. The van der Waals surface area contributed by atoms with Gasteiger partial charge in [0, 0.05) is 23.6 Å². The van der Waals surface area contributed by atoms with E-state index in [0.717, 1.165) is 29.4 Å². The van der Waals surface area contributed by atoms with Crippen LogP contribution in [0.2, 0.25) is 0 Å². The highest BCUT2D eigenvalue weighted by molar-refractivity contribution is 9.10. The summed E-state index contributed by atoms with van der Waals surface area (Å²) in [6, 6.07) is 5.64. The summed E-state index contributed by atoms with van der Waals surface area (Å²) in [5.41, 5.74) is 1.82. The zero-order chi connectivity index (χ0) is 10.6. The molecule has 76 valence electrons. The molecular formula is C11H14BrNO. The molecular weight excluding hydrogens is 242 g/mol. The third-order valence-electron chi connectivity index (χ3n) is 2.08. The maximum absolute atomic E-state index is 10.5. The molecule has 0 aliphatic carbocycles. The molecule has 3 heteroatoms. The van der Waals surface area contributed by atoms with Gasteiger partial charge in [-0.05, 0) is 40.5 Å². The molecule has 0 aliphatic rings. The van der Waals surface area contributed by atoms with Gasteiger partial charge in [0.25, 0.3) is 0 Å². The monoisotopic (exact) mass is 255 g/mol. The quantitative estimate of drug-likeness (QED) is 0.771.